The summed E-state index contributed by atoms with van der Waals surface area (Å²) in [7, 11) is 0. The predicted molar refractivity (Wildman–Crippen MR) is 45.5 cm³/mol. The highest BCUT2D eigenvalue weighted by Crippen LogP contribution is 2.71. The van der Waals surface area contributed by atoms with E-state index in [0.717, 1.165) is 0 Å². The minimum atomic E-state index is -7.72. The Morgan fingerprint density at radius 3 is 1.12 bits per heavy atom. The van der Waals surface area contributed by atoms with Gasteiger partial charge in [0.15, 0.2) is 0 Å². The van der Waals surface area contributed by atoms with E-state index < -0.39 is 54.0 Å². The topological polar surface area (TPSA) is 20.2 Å². The van der Waals surface area contributed by atoms with Crippen molar-refractivity contribution < 1.29 is 66.6 Å². The summed E-state index contributed by atoms with van der Waals surface area (Å²) in [5.41, 5.74) is -7.49. The van der Waals surface area contributed by atoms with Crippen LogP contribution in [0.1, 0.15) is 0 Å². The maximum Gasteiger partial charge on any atom is 0.384 e. The van der Waals surface area contributed by atoms with Crippen LogP contribution < -0.4 is 0 Å². The van der Waals surface area contributed by atoms with E-state index in [2.05, 4.69) is 0 Å². The van der Waals surface area contributed by atoms with Crippen molar-refractivity contribution >= 4 is 0 Å². The Kier molecular flexibility index (Phi) is 4.19. The standard InChI is InChI=1S/C9H4F14O/c10-2(3(11,12)1-24)4(13)5(14,15)7(18,19)9(22,23)8(20,21)6(4,16)17/h2,24H,1H2. The van der Waals surface area contributed by atoms with Crippen molar-refractivity contribution in [2.24, 2.45) is 0 Å². The Balaban J connectivity index is 3.89. The van der Waals surface area contributed by atoms with E-state index in [1.54, 1.807) is 0 Å². The van der Waals surface area contributed by atoms with Gasteiger partial charge in [0.2, 0.25) is 6.17 Å². The highest BCUT2D eigenvalue weighted by molar-refractivity contribution is 5.29. The van der Waals surface area contributed by atoms with Crippen LogP contribution in [-0.2, 0) is 0 Å². The quantitative estimate of drug-likeness (QED) is 0.722. The predicted octanol–water partition coefficient (Wildman–Crippen LogP) is 3.85. The van der Waals surface area contributed by atoms with Gasteiger partial charge < -0.3 is 5.11 Å². The molecule has 24 heavy (non-hydrogen) atoms. The molecule has 1 aliphatic rings. The molecule has 0 radical (unpaired) electrons. The first kappa shape index (κ1) is 21.0. The monoisotopic (exact) mass is 394 g/mol. The lowest BCUT2D eigenvalue weighted by Crippen LogP contribution is -2.86. The van der Waals surface area contributed by atoms with Gasteiger partial charge in [-0.2, -0.15) is 43.9 Å². The minimum absolute atomic E-state index is 3.06. The van der Waals surface area contributed by atoms with Crippen LogP contribution in [-0.4, -0.2) is 59.1 Å². The Morgan fingerprint density at radius 2 is 0.875 bits per heavy atom. The zero-order valence-electron chi connectivity index (χ0n) is 10.5. The highest BCUT2D eigenvalue weighted by Gasteiger charge is 3.03. The molecular formula is C9H4F14O. The van der Waals surface area contributed by atoms with Crippen molar-refractivity contribution in [3.05, 3.63) is 0 Å². The van der Waals surface area contributed by atoms with E-state index in [-0.39, 0.29) is 0 Å². The third-order valence-electron chi connectivity index (χ3n) is 3.42. The molecule has 1 rings (SSSR count). The molecule has 0 aliphatic heterocycles. The van der Waals surface area contributed by atoms with Gasteiger partial charge in [-0.1, -0.05) is 0 Å². The molecule has 1 saturated carbocycles. The molecule has 0 heterocycles. The largest absolute Gasteiger partial charge is 0.390 e. The van der Waals surface area contributed by atoms with Crippen LogP contribution in [0.2, 0.25) is 0 Å². The summed E-state index contributed by atoms with van der Waals surface area (Å²) < 4.78 is 183. The molecule has 0 spiro atoms. The molecule has 1 unspecified atom stereocenters. The third kappa shape index (κ3) is 1.81. The maximum absolute atomic E-state index is 13.8. The van der Waals surface area contributed by atoms with Crippen LogP contribution in [0, 0.1) is 0 Å². The Morgan fingerprint density at radius 1 is 0.625 bits per heavy atom. The first-order valence-electron chi connectivity index (χ1n) is 5.42. The van der Waals surface area contributed by atoms with Gasteiger partial charge in [-0.15, -0.1) is 0 Å². The van der Waals surface area contributed by atoms with E-state index in [0.29, 0.717) is 0 Å². The summed E-state index contributed by atoms with van der Waals surface area (Å²) in [5, 5.41) is 7.94. The van der Waals surface area contributed by atoms with Crippen molar-refractivity contribution in [3.8, 4) is 0 Å². The Hall–Kier alpha value is -1.02. The van der Waals surface area contributed by atoms with Crippen molar-refractivity contribution in [1.82, 2.24) is 0 Å². The van der Waals surface area contributed by atoms with E-state index in [1.807, 2.05) is 0 Å². The smallest absolute Gasteiger partial charge is 0.384 e. The summed E-state index contributed by atoms with van der Waals surface area (Å²) >= 11 is 0. The summed E-state index contributed by atoms with van der Waals surface area (Å²) in [5.74, 6) is -44.4. The number of rotatable bonds is 3. The first-order chi connectivity index (χ1) is 10.2. The highest BCUT2D eigenvalue weighted by atomic mass is 19.4. The number of aliphatic hydroxyl groups excluding tert-OH is 1. The Labute approximate surface area is 122 Å². The molecule has 0 aromatic heterocycles. The van der Waals surface area contributed by atoms with Crippen LogP contribution in [0.5, 0.6) is 0 Å². The summed E-state index contributed by atoms with van der Waals surface area (Å²) in [6.45, 7) is -3.06. The Bertz CT molecular complexity index is 480. The van der Waals surface area contributed by atoms with E-state index >= 15 is 0 Å². The number of alkyl halides is 14. The molecule has 1 fully saturated rings. The molecule has 1 aliphatic carbocycles. The lowest BCUT2D eigenvalue weighted by Gasteiger charge is -2.53. The van der Waals surface area contributed by atoms with Gasteiger partial charge in [-0.05, 0) is 0 Å². The van der Waals surface area contributed by atoms with E-state index in [1.165, 1.54) is 0 Å². The summed E-state index contributed by atoms with van der Waals surface area (Å²) in [6.07, 6.45) is -5.90. The second kappa shape index (κ2) is 4.78. The minimum Gasteiger partial charge on any atom is -0.390 e. The second-order valence-corrected chi connectivity index (χ2v) is 4.87. The van der Waals surface area contributed by atoms with Gasteiger partial charge in [0, 0.05) is 0 Å². The van der Waals surface area contributed by atoms with Gasteiger partial charge in [0.25, 0.3) is 5.67 Å². The third-order valence-corrected chi connectivity index (χ3v) is 3.42. The molecule has 0 aromatic carbocycles. The van der Waals surface area contributed by atoms with Crippen molar-refractivity contribution in [1.29, 1.82) is 0 Å². The fraction of sp³-hybridized carbons (Fsp3) is 1.00. The van der Waals surface area contributed by atoms with Crippen LogP contribution in [0.25, 0.3) is 0 Å². The summed E-state index contributed by atoms with van der Waals surface area (Å²) in [6, 6.07) is 0. The van der Waals surface area contributed by atoms with E-state index in [4.69, 9.17) is 5.11 Å². The lowest BCUT2D eigenvalue weighted by atomic mass is 9.69. The van der Waals surface area contributed by atoms with Crippen LogP contribution in [0.4, 0.5) is 61.5 Å². The first-order valence-corrected chi connectivity index (χ1v) is 5.42. The molecule has 144 valence electrons. The average molecular weight is 394 g/mol. The fourth-order valence-electron chi connectivity index (χ4n) is 1.94. The van der Waals surface area contributed by atoms with Gasteiger partial charge in [0.1, 0.15) is 6.61 Å². The van der Waals surface area contributed by atoms with Crippen molar-refractivity contribution in [3.63, 3.8) is 0 Å². The van der Waals surface area contributed by atoms with Gasteiger partial charge in [-0.25, -0.2) is 17.6 Å². The normalized spacial score (nSPS) is 30.6. The molecule has 0 saturated heterocycles. The van der Waals surface area contributed by atoms with Crippen LogP contribution in [0.15, 0.2) is 0 Å². The number of hydrogen-bond acceptors (Lipinski definition) is 1. The van der Waals surface area contributed by atoms with Gasteiger partial charge in [-0.3, -0.25) is 0 Å². The van der Waals surface area contributed by atoms with Gasteiger partial charge >= 0.3 is 35.5 Å². The summed E-state index contributed by atoms with van der Waals surface area (Å²) in [4.78, 5) is 0. The molecule has 0 amide bonds. The fourth-order valence-corrected chi connectivity index (χ4v) is 1.94. The van der Waals surface area contributed by atoms with Gasteiger partial charge in [0.05, 0.1) is 0 Å². The zero-order valence-corrected chi connectivity index (χ0v) is 10.5. The molecule has 1 N–H and O–H groups in total. The molecular weight excluding hydrogens is 390 g/mol. The zero-order chi connectivity index (χ0) is 19.8. The maximum atomic E-state index is 13.8. The van der Waals surface area contributed by atoms with Crippen LogP contribution in [0.3, 0.4) is 0 Å². The average Bonchev–Trinajstić information content (AvgIpc) is 2.43. The number of halogens is 14. The molecule has 0 bridgehead atoms. The SMILES string of the molecule is OCC(F)(F)C(F)C1(F)C(F)(F)C(F)(F)C(F)(F)C(F)(F)C1(F)F. The second-order valence-electron chi connectivity index (χ2n) is 4.87. The lowest BCUT2D eigenvalue weighted by molar-refractivity contribution is -0.495. The number of aliphatic hydroxyl groups is 1. The number of hydrogen-bond donors (Lipinski definition) is 1. The molecule has 15 heteroatoms. The molecule has 0 aromatic rings. The van der Waals surface area contributed by atoms with E-state index in [9.17, 15) is 61.5 Å². The molecule has 1 atom stereocenters. The van der Waals surface area contributed by atoms with Crippen LogP contribution >= 0.6 is 0 Å². The van der Waals surface area contributed by atoms with Crippen molar-refractivity contribution in [2.45, 2.75) is 47.4 Å². The van der Waals surface area contributed by atoms with Crippen molar-refractivity contribution in [2.75, 3.05) is 6.61 Å². The molecule has 1 nitrogen and oxygen atoms in total.